The van der Waals surface area contributed by atoms with Crippen LogP contribution in [0.2, 0.25) is 0 Å². The van der Waals surface area contributed by atoms with E-state index in [1.165, 1.54) is 56.3 Å². The lowest BCUT2D eigenvalue weighted by Gasteiger charge is -2.47. The molecule has 3 atom stereocenters. The highest BCUT2D eigenvalue weighted by Gasteiger charge is 2.37. The SMILES string of the molecule is CCc1nn(C)cc1C(CN)N1CCC[C@H]2CCCC[C@H]21. The summed E-state index contributed by atoms with van der Waals surface area (Å²) < 4.78 is 1.96. The summed E-state index contributed by atoms with van der Waals surface area (Å²) in [5.74, 6) is 0.906. The quantitative estimate of drug-likeness (QED) is 0.927. The van der Waals surface area contributed by atoms with Gasteiger partial charge in [-0.25, -0.2) is 0 Å². The number of rotatable bonds is 4. The molecule has 3 rings (SSSR count). The highest BCUT2D eigenvalue weighted by Crippen LogP contribution is 2.39. The fraction of sp³-hybridized carbons (Fsp3) is 0.824. The molecule has 0 aromatic carbocycles. The minimum absolute atomic E-state index is 0.361. The first-order valence-electron chi connectivity index (χ1n) is 8.72. The molecule has 2 fully saturated rings. The Hall–Kier alpha value is -0.870. The topological polar surface area (TPSA) is 47.1 Å². The van der Waals surface area contributed by atoms with Crippen LogP contribution >= 0.6 is 0 Å². The molecule has 2 heterocycles. The summed E-state index contributed by atoms with van der Waals surface area (Å²) in [7, 11) is 2.02. The van der Waals surface area contributed by atoms with Crippen LogP contribution in [0.4, 0.5) is 0 Å². The molecule has 1 saturated heterocycles. The Bertz CT molecular complexity index is 465. The number of nitrogens with two attached hydrogens (primary N) is 1. The highest BCUT2D eigenvalue weighted by molar-refractivity contribution is 5.22. The normalized spacial score (nSPS) is 28.3. The first-order valence-corrected chi connectivity index (χ1v) is 8.72. The second kappa shape index (κ2) is 6.49. The summed E-state index contributed by atoms with van der Waals surface area (Å²) in [6, 6.07) is 1.12. The van der Waals surface area contributed by atoms with E-state index in [9.17, 15) is 0 Å². The van der Waals surface area contributed by atoms with Gasteiger partial charge in [0.15, 0.2) is 0 Å². The van der Waals surface area contributed by atoms with Crippen molar-refractivity contribution in [2.45, 2.75) is 64.0 Å². The maximum atomic E-state index is 6.21. The molecule has 1 aromatic rings. The lowest BCUT2D eigenvalue weighted by molar-refractivity contribution is 0.0273. The Morgan fingerprint density at radius 1 is 1.29 bits per heavy atom. The summed E-state index contributed by atoms with van der Waals surface area (Å²) in [5.41, 5.74) is 8.81. The maximum Gasteiger partial charge on any atom is 0.0670 e. The van der Waals surface area contributed by atoms with Crippen molar-refractivity contribution in [3.05, 3.63) is 17.5 Å². The van der Waals surface area contributed by atoms with Crippen molar-refractivity contribution in [3.63, 3.8) is 0 Å². The van der Waals surface area contributed by atoms with Gasteiger partial charge >= 0.3 is 0 Å². The lowest BCUT2D eigenvalue weighted by Crippen LogP contribution is -2.50. The molecule has 1 aliphatic carbocycles. The zero-order valence-corrected chi connectivity index (χ0v) is 13.6. The minimum Gasteiger partial charge on any atom is -0.329 e. The van der Waals surface area contributed by atoms with Gasteiger partial charge in [-0.15, -0.1) is 0 Å². The number of nitrogens with zero attached hydrogens (tertiary/aromatic N) is 3. The van der Waals surface area contributed by atoms with Gasteiger partial charge in [0.1, 0.15) is 0 Å². The average Bonchev–Trinajstić information content (AvgIpc) is 2.89. The van der Waals surface area contributed by atoms with Gasteiger partial charge in [-0.1, -0.05) is 19.8 Å². The minimum atomic E-state index is 0.361. The van der Waals surface area contributed by atoms with Crippen molar-refractivity contribution in [1.82, 2.24) is 14.7 Å². The van der Waals surface area contributed by atoms with E-state index in [1.807, 2.05) is 11.7 Å². The number of fused-ring (bicyclic) bond motifs is 1. The predicted molar refractivity (Wildman–Crippen MR) is 86.1 cm³/mol. The molecule has 0 amide bonds. The van der Waals surface area contributed by atoms with E-state index in [1.54, 1.807) is 0 Å². The summed E-state index contributed by atoms with van der Waals surface area (Å²) >= 11 is 0. The Morgan fingerprint density at radius 2 is 2.05 bits per heavy atom. The third-order valence-corrected chi connectivity index (χ3v) is 5.54. The molecule has 0 radical (unpaired) electrons. The summed E-state index contributed by atoms with van der Waals surface area (Å²) in [6.07, 6.45) is 11.6. The van der Waals surface area contributed by atoms with Gasteiger partial charge in [0.2, 0.25) is 0 Å². The largest absolute Gasteiger partial charge is 0.329 e. The zero-order valence-electron chi connectivity index (χ0n) is 13.6. The van der Waals surface area contributed by atoms with Crippen molar-refractivity contribution >= 4 is 0 Å². The fourth-order valence-electron chi connectivity index (χ4n) is 4.60. The van der Waals surface area contributed by atoms with Crippen LogP contribution in [0, 0.1) is 5.92 Å². The molecular weight excluding hydrogens is 260 g/mol. The van der Waals surface area contributed by atoms with Crippen LogP contribution in [0.5, 0.6) is 0 Å². The first-order chi connectivity index (χ1) is 10.2. The van der Waals surface area contributed by atoms with Gasteiger partial charge in [-0.3, -0.25) is 9.58 Å². The predicted octanol–water partition coefficient (Wildman–Crippen LogP) is 2.64. The van der Waals surface area contributed by atoms with Crippen LogP contribution in [-0.4, -0.2) is 33.8 Å². The van der Waals surface area contributed by atoms with Crippen LogP contribution in [0.15, 0.2) is 6.20 Å². The Balaban J connectivity index is 1.87. The van der Waals surface area contributed by atoms with Crippen LogP contribution in [0.25, 0.3) is 0 Å². The second-order valence-electron chi connectivity index (χ2n) is 6.80. The van der Waals surface area contributed by atoms with Crippen LogP contribution in [0.1, 0.15) is 62.7 Å². The maximum absolute atomic E-state index is 6.21. The van der Waals surface area contributed by atoms with E-state index < -0.39 is 0 Å². The number of piperidine rings is 1. The van der Waals surface area contributed by atoms with E-state index in [2.05, 4.69) is 23.1 Å². The Labute approximate surface area is 128 Å². The molecule has 21 heavy (non-hydrogen) atoms. The van der Waals surface area contributed by atoms with Gasteiger partial charge in [0, 0.05) is 31.4 Å². The standard InChI is InChI=1S/C17H30N4/c1-3-15-14(12-20(2)19-15)17(11-18)21-10-6-8-13-7-4-5-9-16(13)21/h12-13,16-17H,3-11,18H2,1-2H3/t13-,16-,17?/m1/s1. The van der Waals surface area contributed by atoms with Crippen molar-refractivity contribution in [1.29, 1.82) is 0 Å². The molecule has 1 aliphatic heterocycles. The van der Waals surface area contributed by atoms with Crippen molar-refractivity contribution < 1.29 is 0 Å². The van der Waals surface area contributed by atoms with Gasteiger partial charge in [-0.2, -0.15) is 5.10 Å². The van der Waals surface area contributed by atoms with Crippen molar-refractivity contribution in [2.75, 3.05) is 13.1 Å². The molecule has 1 unspecified atom stereocenters. The van der Waals surface area contributed by atoms with Gasteiger partial charge < -0.3 is 5.73 Å². The molecule has 1 aromatic heterocycles. The van der Waals surface area contributed by atoms with E-state index >= 15 is 0 Å². The van der Waals surface area contributed by atoms with E-state index in [0.29, 0.717) is 12.6 Å². The zero-order chi connectivity index (χ0) is 14.8. The van der Waals surface area contributed by atoms with Gasteiger partial charge in [0.25, 0.3) is 0 Å². The molecule has 118 valence electrons. The van der Waals surface area contributed by atoms with E-state index in [4.69, 9.17) is 5.73 Å². The van der Waals surface area contributed by atoms with Crippen molar-refractivity contribution in [2.24, 2.45) is 18.7 Å². The molecule has 4 nitrogen and oxygen atoms in total. The molecule has 2 N–H and O–H groups in total. The molecule has 2 aliphatic rings. The summed E-state index contributed by atoms with van der Waals surface area (Å²) in [5, 5.41) is 4.63. The third-order valence-electron chi connectivity index (χ3n) is 5.54. The van der Waals surface area contributed by atoms with Crippen LogP contribution in [-0.2, 0) is 13.5 Å². The fourth-order valence-corrected chi connectivity index (χ4v) is 4.60. The Morgan fingerprint density at radius 3 is 2.81 bits per heavy atom. The lowest BCUT2D eigenvalue weighted by atomic mass is 9.77. The number of hydrogen-bond donors (Lipinski definition) is 1. The Kier molecular flexibility index (Phi) is 4.65. The number of aromatic nitrogens is 2. The third kappa shape index (κ3) is 2.88. The van der Waals surface area contributed by atoms with E-state index in [-0.39, 0.29) is 0 Å². The molecule has 1 saturated carbocycles. The number of likely N-dealkylation sites (tertiary alicyclic amines) is 1. The van der Waals surface area contributed by atoms with Gasteiger partial charge in [0.05, 0.1) is 11.7 Å². The summed E-state index contributed by atoms with van der Waals surface area (Å²) in [4.78, 5) is 2.73. The summed E-state index contributed by atoms with van der Waals surface area (Å²) in [6.45, 7) is 4.11. The van der Waals surface area contributed by atoms with Crippen molar-refractivity contribution in [3.8, 4) is 0 Å². The van der Waals surface area contributed by atoms with E-state index in [0.717, 1.165) is 18.4 Å². The van der Waals surface area contributed by atoms with Crippen LogP contribution < -0.4 is 5.73 Å². The molecule has 4 heteroatoms. The monoisotopic (exact) mass is 290 g/mol. The van der Waals surface area contributed by atoms with Gasteiger partial charge in [-0.05, 0) is 44.6 Å². The van der Waals surface area contributed by atoms with Crippen LogP contribution in [0.3, 0.4) is 0 Å². The number of hydrogen-bond acceptors (Lipinski definition) is 3. The first kappa shape index (κ1) is 15.0. The molecular formula is C17H30N4. The molecule has 0 bridgehead atoms. The second-order valence-corrected chi connectivity index (χ2v) is 6.80. The molecule has 0 spiro atoms. The number of aryl methyl sites for hydroxylation is 2. The highest BCUT2D eigenvalue weighted by atomic mass is 15.3. The smallest absolute Gasteiger partial charge is 0.0670 e. The average molecular weight is 290 g/mol.